The van der Waals surface area contributed by atoms with Crippen LogP contribution in [0.2, 0.25) is 0 Å². The second kappa shape index (κ2) is 8.41. The lowest BCUT2D eigenvalue weighted by atomic mass is 10.0. The minimum atomic E-state index is -3.53. The number of nitrogens with one attached hydrogen (secondary N) is 3. The Morgan fingerprint density at radius 1 is 1.42 bits per heavy atom. The molecular formula is C15H25N5O3S. The zero-order valence-electron chi connectivity index (χ0n) is 14.1. The van der Waals surface area contributed by atoms with E-state index in [2.05, 4.69) is 32.3 Å². The number of aliphatic imine (C=N–C) groups is 1. The molecule has 0 spiro atoms. The van der Waals surface area contributed by atoms with Crippen LogP contribution in [0.3, 0.4) is 0 Å². The molecule has 1 atom stereocenters. The highest BCUT2D eigenvalue weighted by Gasteiger charge is 2.29. The monoisotopic (exact) mass is 355 g/mol. The fourth-order valence-electron chi connectivity index (χ4n) is 2.42. The molecule has 1 aliphatic rings. The minimum absolute atomic E-state index is 0.152. The lowest BCUT2D eigenvalue weighted by Gasteiger charge is -2.24. The van der Waals surface area contributed by atoms with E-state index in [-0.39, 0.29) is 17.0 Å². The third kappa shape index (κ3) is 5.43. The Morgan fingerprint density at radius 3 is 2.88 bits per heavy atom. The van der Waals surface area contributed by atoms with Gasteiger partial charge in [-0.05, 0) is 31.9 Å². The number of nitrogens with zero attached hydrogens (tertiary/aromatic N) is 2. The van der Waals surface area contributed by atoms with Crippen molar-refractivity contribution in [3.8, 4) is 0 Å². The van der Waals surface area contributed by atoms with Crippen molar-refractivity contribution in [2.75, 3.05) is 33.3 Å². The van der Waals surface area contributed by atoms with Gasteiger partial charge < -0.3 is 15.4 Å². The molecule has 3 N–H and O–H groups in total. The van der Waals surface area contributed by atoms with E-state index in [0.29, 0.717) is 19.0 Å². The van der Waals surface area contributed by atoms with Crippen LogP contribution in [0.25, 0.3) is 0 Å². The summed E-state index contributed by atoms with van der Waals surface area (Å²) in [5.41, 5.74) is -0.167. The fourth-order valence-corrected chi connectivity index (χ4v) is 3.42. The van der Waals surface area contributed by atoms with Crippen LogP contribution >= 0.6 is 0 Å². The first-order chi connectivity index (χ1) is 11.5. The number of rotatable bonds is 7. The summed E-state index contributed by atoms with van der Waals surface area (Å²) in [6.45, 7) is 4.18. The maximum atomic E-state index is 12.0. The Morgan fingerprint density at radius 2 is 2.25 bits per heavy atom. The van der Waals surface area contributed by atoms with Gasteiger partial charge in [0, 0.05) is 45.7 Å². The Balaban J connectivity index is 1.72. The summed E-state index contributed by atoms with van der Waals surface area (Å²) in [6.07, 6.45) is 4.94. The third-order valence-corrected chi connectivity index (χ3v) is 5.25. The van der Waals surface area contributed by atoms with Crippen LogP contribution in [0.1, 0.15) is 19.8 Å². The van der Waals surface area contributed by atoms with E-state index < -0.39 is 10.0 Å². The minimum Gasteiger partial charge on any atom is -0.373 e. The molecule has 1 aromatic heterocycles. The molecule has 2 rings (SSSR count). The molecule has 24 heavy (non-hydrogen) atoms. The summed E-state index contributed by atoms with van der Waals surface area (Å²) < 4.78 is 32.3. The molecule has 2 heterocycles. The third-order valence-electron chi connectivity index (χ3n) is 3.81. The predicted octanol–water partition coefficient (Wildman–Crippen LogP) is 0.0940. The van der Waals surface area contributed by atoms with E-state index in [1.165, 1.54) is 18.5 Å². The Bertz CT molecular complexity index is 642. The van der Waals surface area contributed by atoms with Crippen molar-refractivity contribution in [2.24, 2.45) is 4.99 Å². The summed E-state index contributed by atoms with van der Waals surface area (Å²) in [5.74, 6) is 0.618. The summed E-state index contributed by atoms with van der Waals surface area (Å²) in [6, 6.07) is 3.09. The van der Waals surface area contributed by atoms with Crippen LogP contribution in [-0.4, -0.2) is 58.3 Å². The molecule has 1 saturated heterocycles. The lowest BCUT2D eigenvalue weighted by Crippen LogP contribution is -2.47. The number of hydrogen-bond donors (Lipinski definition) is 3. The topological polar surface area (TPSA) is 105 Å². The first-order valence-corrected chi connectivity index (χ1v) is 9.42. The first kappa shape index (κ1) is 18.6. The summed E-state index contributed by atoms with van der Waals surface area (Å²) in [5, 5.41) is 6.28. The van der Waals surface area contributed by atoms with Crippen LogP contribution in [-0.2, 0) is 14.8 Å². The summed E-state index contributed by atoms with van der Waals surface area (Å²) >= 11 is 0. The number of aromatic nitrogens is 1. The van der Waals surface area contributed by atoms with Crippen molar-refractivity contribution in [3.63, 3.8) is 0 Å². The predicted molar refractivity (Wildman–Crippen MR) is 92.4 cm³/mol. The molecule has 1 aromatic rings. The molecule has 1 aliphatic heterocycles. The lowest BCUT2D eigenvalue weighted by molar-refractivity contribution is 0.0243. The summed E-state index contributed by atoms with van der Waals surface area (Å²) in [4.78, 5) is 8.09. The van der Waals surface area contributed by atoms with E-state index in [1.807, 2.05) is 0 Å². The van der Waals surface area contributed by atoms with Crippen LogP contribution in [0, 0.1) is 0 Å². The maximum absolute atomic E-state index is 12.0. The number of ether oxygens (including phenoxy) is 1. The van der Waals surface area contributed by atoms with Crippen molar-refractivity contribution in [3.05, 3.63) is 24.5 Å². The normalized spacial score (nSPS) is 21.7. The van der Waals surface area contributed by atoms with Gasteiger partial charge in [0.05, 0.1) is 5.60 Å². The largest absolute Gasteiger partial charge is 0.373 e. The van der Waals surface area contributed by atoms with Gasteiger partial charge in [-0.15, -0.1) is 0 Å². The number of sulfonamides is 1. The molecule has 0 aromatic carbocycles. The van der Waals surface area contributed by atoms with E-state index in [1.54, 1.807) is 13.1 Å². The molecule has 0 saturated carbocycles. The average Bonchev–Trinajstić information content (AvgIpc) is 3.02. The average molecular weight is 355 g/mol. The Kier molecular flexibility index (Phi) is 6.52. The first-order valence-electron chi connectivity index (χ1n) is 7.93. The molecule has 8 nitrogen and oxygen atoms in total. The molecule has 0 bridgehead atoms. The van der Waals surface area contributed by atoms with Gasteiger partial charge in [0.15, 0.2) is 5.96 Å². The second-order valence-corrected chi connectivity index (χ2v) is 7.61. The fraction of sp³-hybridized carbons (Fsp3) is 0.600. The number of hydrogen-bond acceptors (Lipinski definition) is 5. The van der Waals surface area contributed by atoms with Gasteiger partial charge in [-0.2, -0.15) is 0 Å². The standard InChI is InChI=1S/C15H25N5O3S/c1-15(6-4-10-23-15)12-19-14(16-2)18-8-9-20-24(21,22)13-5-3-7-17-11-13/h3,5,7,11,20H,4,6,8-10,12H2,1-2H3,(H2,16,18,19). The molecule has 0 aliphatic carbocycles. The van der Waals surface area contributed by atoms with Crippen LogP contribution in [0.15, 0.2) is 34.4 Å². The van der Waals surface area contributed by atoms with Crippen molar-refractivity contribution in [1.82, 2.24) is 20.3 Å². The van der Waals surface area contributed by atoms with Crippen LogP contribution < -0.4 is 15.4 Å². The molecular weight excluding hydrogens is 330 g/mol. The van der Waals surface area contributed by atoms with Crippen molar-refractivity contribution in [2.45, 2.75) is 30.3 Å². The number of pyridine rings is 1. The maximum Gasteiger partial charge on any atom is 0.242 e. The van der Waals surface area contributed by atoms with Gasteiger partial charge in [0.1, 0.15) is 4.90 Å². The van der Waals surface area contributed by atoms with Gasteiger partial charge >= 0.3 is 0 Å². The zero-order chi connectivity index (χ0) is 17.5. The zero-order valence-corrected chi connectivity index (χ0v) is 14.9. The van der Waals surface area contributed by atoms with Crippen molar-refractivity contribution >= 4 is 16.0 Å². The SMILES string of the molecule is CN=C(NCCNS(=O)(=O)c1cccnc1)NCC1(C)CCCO1. The van der Waals surface area contributed by atoms with Gasteiger partial charge in [-0.1, -0.05) is 0 Å². The van der Waals surface area contributed by atoms with E-state index in [0.717, 1.165) is 19.4 Å². The molecule has 134 valence electrons. The molecule has 1 fully saturated rings. The van der Waals surface area contributed by atoms with E-state index in [4.69, 9.17) is 4.74 Å². The van der Waals surface area contributed by atoms with Crippen molar-refractivity contribution < 1.29 is 13.2 Å². The van der Waals surface area contributed by atoms with Crippen LogP contribution in [0.5, 0.6) is 0 Å². The van der Waals surface area contributed by atoms with Gasteiger partial charge in [-0.25, -0.2) is 13.1 Å². The number of guanidine groups is 1. The van der Waals surface area contributed by atoms with Gasteiger partial charge in [-0.3, -0.25) is 9.98 Å². The molecule has 1 unspecified atom stereocenters. The highest BCUT2D eigenvalue weighted by molar-refractivity contribution is 7.89. The highest BCUT2D eigenvalue weighted by atomic mass is 32.2. The smallest absolute Gasteiger partial charge is 0.242 e. The van der Waals surface area contributed by atoms with E-state index in [9.17, 15) is 8.42 Å². The molecule has 0 amide bonds. The molecule has 0 radical (unpaired) electrons. The van der Waals surface area contributed by atoms with E-state index >= 15 is 0 Å². The van der Waals surface area contributed by atoms with Gasteiger partial charge in [0.2, 0.25) is 10.0 Å². The Hall–Kier alpha value is -1.71. The van der Waals surface area contributed by atoms with Gasteiger partial charge in [0.25, 0.3) is 0 Å². The highest BCUT2D eigenvalue weighted by Crippen LogP contribution is 2.23. The van der Waals surface area contributed by atoms with Crippen LogP contribution in [0.4, 0.5) is 0 Å². The van der Waals surface area contributed by atoms with Crippen molar-refractivity contribution in [1.29, 1.82) is 0 Å². The molecule has 9 heteroatoms. The summed E-state index contributed by atoms with van der Waals surface area (Å²) in [7, 11) is -1.86. The Labute approximate surface area is 143 Å². The second-order valence-electron chi connectivity index (χ2n) is 5.84. The quantitative estimate of drug-likeness (QED) is 0.364.